The van der Waals surface area contributed by atoms with Crippen LogP contribution in [0.5, 0.6) is 0 Å². The van der Waals surface area contributed by atoms with Crippen LogP contribution in [0.1, 0.15) is 32.1 Å². The number of aromatic nitrogens is 3. The van der Waals surface area contributed by atoms with Crippen molar-refractivity contribution in [3.05, 3.63) is 69.3 Å². The highest BCUT2D eigenvalue weighted by Gasteiger charge is 2.35. The summed E-state index contributed by atoms with van der Waals surface area (Å²) in [7, 11) is 0. The third kappa shape index (κ3) is 2.87. The molecule has 3 N–H and O–H groups in total. The molecule has 0 unspecified atom stereocenters. The maximum atomic E-state index is 12.9. The van der Waals surface area contributed by atoms with Gasteiger partial charge in [-0.3, -0.25) is 24.3 Å². The van der Waals surface area contributed by atoms with E-state index in [1.165, 1.54) is 31.2 Å². The Balaban J connectivity index is 1.78. The second kappa shape index (κ2) is 6.06. The van der Waals surface area contributed by atoms with Gasteiger partial charge in [-0.15, -0.1) is 0 Å². The number of fused-ring (bicyclic) bond motifs is 1. The number of carbonyl (C=O) groups is 2. The SMILES string of the molecule is Cc1cc(C(F)(F)F)nn1-c1ccc(-n2c(N)c3c(cc2=O)C(=O)NC3=O)cc1. The number of nitrogens with two attached hydrogens (primary N) is 1. The summed E-state index contributed by atoms with van der Waals surface area (Å²) in [4.78, 5) is 36.1. The molecule has 148 valence electrons. The second-order valence-corrected chi connectivity index (χ2v) is 6.37. The third-order valence-electron chi connectivity index (χ3n) is 4.48. The quantitative estimate of drug-likeness (QED) is 0.634. The number of anilines is 1. The van der Waals surface area contributed by atoms with Crippen molar-refractivity contribution in [3.8, 4) is 11.4 Å². The van der Waals surface area contributed by atoms with Crippen molar-refractivity contribution in [2.24, 2.45) is 0 Å². The van der Waals surface area contributed by atoms with Crippen LogP contribution < -0.4 is 16.6 Å². The van der Waals surface area contributed by atoms with Gasteiger partial charge in [-0.05, 0) is 37.3 Å². The highest BCUT2D eigenvalue weighted by molar-refractivity contribution is 6.23. The summed E-state index contributed by atoms with van der Waals surface area (Å²) in [5.74, 6) is -1.62. The van der Waals surface area contributed by atoms with Crippen LogP contribution in [0.3, 0.4) is 0 Å². The number of nitrogens with one attached hydrogen (secondary N) is 1. The van der Waals surface area contributed by atoms with E-state index in [2.05, 4.69) is 10.4 Å². The molecule has 0 bridgehead atoms. The minimum atomic E-state index is -4.57. The van der Waals surface area contributed by atoms with Gasteiger partial charge in [0.15, 0.2) is 5.69 Å². The first-order chi connectivity index (χ1) is 13.6. The summed E-state index contributed by atoms with van der Waals surface area (Å²) in [6, 6.07) is 7.74. The molecule has 3 aromatic rings. The maximum absolute atomic E-state index is 12.9. The van der Waals surface area contributed by atoms with Crippen molar-refractivity contribution in [1.82, 2.24) is 19.7 Å². The second-order valence-electron chi connectivity index (χ2n) is 6.37. The van der Waals surface area contributed by atoms with Crippen LogP contribution in [-0.4, -0.2) is 26.2 Å². The number of nitrogens with zero attached hydrogens (tertiary/aromatic N) is 3. The Morgan fingerprint density at radius 2 is 1.62 bits per heavy atom. The molecule has 0 atom stereocenters. The molecule has 1 aliphatic rings. The van der Waals surface area contributed by atoms with Crippen molar-refractivity contribution in [2.75, 3.05) is 5.73 Å². The first-order valence-electron chi connectivity index (χ1n) is 8.24. The number of halogens is 3. The van der Waals surface area contributed by atoms with Gasteiger partial charge in [-0.1, -0.05) is 0 Å². The number of hydrogen-bond acceptors (Lipinski definition) is 5. The van der Waals surface area contributed by atoms with Crippen LogP contribution in [0.2, 0.25) is 0 Å². The molecular formula is C18H12F3N5O3. The Hall–Kier alpha value is -3.89. The van der Waals surface area contributed by atoms with Gasteiger partial charge in [0.2, 0.25) is 0 Å². The Morgan fingerprint density at radius 1 is 1.00 bits per heavy atom. The topological polar surface area (TPSA) is 112 Å². The molecule has 0 fully saturated rings. The lowest BCUT2D eigenvalue weighted by molar-refractivity contribution is -0.141. The van der Waals surface area contributed by atoms with Gasteiger partial charge in [0.25, 0.3) is 17.4 Å². The number of imide groups is 1. The van der Waals surface area contributed by atoms with Crippen LogP contribution in [0.25, 0.3) is 11.4 Å². The lowest BCUT2D eigenvalue weighted by Crippen LogP contribution is -2.24. The van der Waals surface area contributed by atoms with Crippen molar-refractivity contribution < 1.29 is 22.8 Å². The molecule has 1 aromatic carbocycles. The Morgan fingerprint density at radius 3 is 2.21 bits per heavy atom. The van der Waals surface area contributed by atoms with Crippen molar-refractivity contribution in [2.45, 2.75) is 13.1 Å². The lowest BCUT2D eigenvalue weighted by atomic mass is 10.1. The van der Waals surface area contributed by atoms with Gasteiger partial charge in [0.1, 0.15) is 5.82 Å². The predicted molar refractivity (Wildman–Crippen MR) is 95.1 cm³/mol. The smallest absolute Gasteiger partial charge is 0.384 e. The van der Waals surface area contributed by atoms with Crippen LogP contribution in [0.15, 0.2) is 41.2 Å². The summed E-state index contributed by atoms with van der Waals surface area (Å²) < 4.78 is 40.7. The number of aryl methyl sites for hydroxylation is 1. The zero-order valence-electron chi connectivity index (χ0n) is 14.7. The Bertz CT molecular complexity index is 1240. The summed E-state index contributed by atoms with van der Waals surface area (Å²) >= 11 is 0. The van der Waals surface area contributed by atoms with Gasteiger partial charge in [-0.2, -0.15) is 18.3 Å². The fraction of sp³-hybridized carbons (Fsp3) is 0.111. The molecule has 29 heavy (non-hydrogen) atoms. The molecule has 3 heterocycles. The normalized spacial score (nSPS) is 13.5. The molecule has 2 aromatic heterocycles. The van der Waals surface area contributed by atoms with Crippen LogP contribution in [0.4, 0.5) is 19.0 Å². The van der Waals surface area contributed by atoms with E-state index in [-0.39, 0.29) is 28.3 Å². The fourth-order valence-corrected chi connectivity index (χ4v) is 3.16. The number of nitrogen functional groups attached to an aromatic ring is 1. The maximum Gasteiger partial charge on any atom is 0.435 e. The van der Waals surface area contributed by atoms with Gasteiger partial charge in [0, 0.05) is 11.8 Å². The van der Waals surface area contributed by atoms with Gasteiger partial charge >= 0.3 is 6.18 Å². The van der Waals surface area contributed by atoms with Gasteiger partial charge < -0.3 is 5.73 Å². The molecule has 0 spiro atoms. The number of alkyl halides is 3. The molecule has 0 radical (unpaired) electrons. The minimum Gasteiger partial charge on any atom is -0.384 e. The van der Waals surface area contributed by atoms with E-state index in [0.29, 0.717) is 5.69 Å². The number of amides is 2. The van der Waals surface area contributed by atoms with Crippen molar-refractivity contribution in [3.63, 3.8) is 0 Å². The lowest BCUT2D eigenvalue weighted by Gasteiger charge is -2.13. The zero-order chi connectivity index (χ0) is 21.1. The van der Waals surface area contributed by atoms with E-state index in [0.717, 1.165) is 21.4 Å². The van der Waals surface area contributed by atoms with E-state index in [1.807, 2.05) is 0 Å². The summed E-state index contributed by atoms with van der Waals surface area (Å²) in [5, 5.41) is 5.63. The molecule has 0 saturated heterocycles. The van der Waals surface area contributed by atoms with Gasteiger partial charge in [0.05, 0.1) is 22.5 Å². The van der Waals surface area contributed by atoms with Crippen LogP contribution in [-0.2, 0) is 6.18 Å². The van der Waals surface area contributed by atoms with Crippen LogP contribution >= 0.6 is 0 Å². The summed E-state index contributed by atoms with van der Waals surface area (Å²) in [5.41, 5.74) is 4.98. The molecule has 0 aliphatic carbocycles. The van der Waals surface area contributed by atoms with Crippen LogP contribution in [0, 0.1) is 6.92 Å². The van der Waals surface area contributed by atoms with E-state index in [1.54, 1.807) is 0 Å². The van der Waals surface area contributed by atoms with E-state index in [4.69, 9.17) is 5.73 Å². The fourth-order valence-electron chi connectivity index (χ4n) is 3.16. The minimum absolute atomic E-state index is 0.0998. The summed E-state index contributed by atoms with van der Waals surface area (Å²) in [6.45, 7) is 1.48. The summed E-state index contributed by atoms with van der Waals surface area (Å²) in [6.07, 6.45) is -4.57. The highest BCUT2D eigenvalue weighted by Crippen LogP contribution is 2.29. The number of pyridine rings is 1. The highest BCUT2D eigenvalue weighted by atomic mass is 19.4. The molecule has 0 saturated carbocycles. The number of carbonyl (C=O) groups excluding carboxylic acids is 2. The third-order valence-corrected chi connectivity index (χ3v) is 4.48. The van der Waals surface area contributed by atoms with Crippen molar-refractivity contribution >= 4 is 17.6 Å². The standard InChI is InChI=1S/C18H12F3N5O3/c1-8-6-12(18(19,20)21)24-26(8)10-4-2-9(3-5-10)25-13(27)7-11-14(15(25)22)17(29)23-16(11)28/h2-7H,22H2,1H3,(H,23,28,29). The molecule has 11 heteroatoms. The Labute approximate surface area is 160 Å². The van der Waals surface area contributed by atoms with E-state index in [9.17, 15) is 27.6 Å². The first-order valence-corrected chi connectivity index (χ1v) is 8.24. The number of hydrogen-bond donors (Lipinski definition) is 2. The number of rotatable bonds is 2. The van der Waals surface area contributed by atoms with Gasteiger partial charge in [-0.25, -0.2) is 4.68 Å². The average Bonchev–Trinajstić information content (AvgIpc) is 3.15. The Kier molecular flexibility index (Phi) is 3.86. The molecule has 8 nitrogen and oxygen atoms in total. The van der Waals surface area contributed by atoms with E-state index >= 15 is 0 Å². The molecule has 2 amide bonds. The van der Waals surface area contributed by atoms with E-state index < -0.39 is 29.2 Å². The molecule has 4 rings (SSSR count). The average molecular weight is 403 g/mol. The molecular weight excluding hydrogens is 391 g/mol. The zero-order valence-corrected chi connectivity index (χ0v) is 14.7. The predicted octanol–water partition coefficient (Wildman–Crippen LogP) is 1.82. The largest absolute Gasteiger partial charge is 0.435 e. The monoisotopic (exact) mass is 403 g/mol. The number of benzene rings is 1. The molecule has 1 aliphatic heterocycles. The first kappa shape index (κ1) is 18.5. The van der Waals surface area contributed by atoms with Crippen molar-refractivity contribution in [1.29, 1.82) is 0 Å².